The molecule has 4 aliphatic rings. The Kier molecular flexibility index (Phi) is 3.41. The minimum atomic E-state index is -0.479. The van der Waals surface area contributed by atoms with E-state index in [1.54, 1.807) is 6.08 Å². The van der Waals surface area contributed by atoms with Crippen molar-refractivity contribution in [2.24, 2.45) is 0 Å². The Labute approximate surface area is 181 Å². The van der Waals surface area contributed by atoms with E-state index in [1.807, 2.05) is 0 Å². The van der Waals surface area contributed by atoms with Gasteiger partial charge in [0.15, 0.2) is 5.60 Å². The highest BCUT2D eigenvalue weighted by molar-refractivity contribution is 6.10. The first-order chi connectivity index (χ1) is 15.3. The summed E-state index contributed by atoms with van der Waals surface area (Å²) in [6, 6.07) is 19.5. The zero-order valence-corrected chi connectivity index (χ0v) is 17.1. The summed E-state index contributed by atoms with van der Waals surface area (Å²) in [7, 11) is 0. The largest absolute Gasteiger partial charge is 0.447 e. The van der Waals surface area contributed by atoms with Gasteiger partial charge in [0.05, 0.1) is 12.1 Å². The maximum Gasteiger partial charge on any atom is 0.332 e. The second-order valence-corrected chi connectivity index (χ2v) is 8.99. The molecule has 3 heteroatoms. The number of piperidine rings is 1. The maximum absolute atomic E-state index is 12.3. The van der Waals surface area contributed by atoms with Gasteiger partial charge in [-0.1, -0.05) is 66.8 Å². The van der Waals surface area contributed by atoms with Crippen LogP contribution in [-0.4, -0.2) is 35.1 Å². The number of hydrogen-bond donors (Lipinski definition) is 0. The molecule has 3 aliphatic heterocycles. The monoisotopic (exact) mass is 403 g/mol. The van der Waals surface area contributed by atoms with Crippen LogP contribution >= 0.6 is 0 Å². The highest BCUT2D eigenvalue weighted by Crippen LogP contribution is 2.57. The molecule has 150 valence electrons. The highest BCUT2D eigenvalue weighted by Gasteiger charge is 2.69. The minimum absolute atomic E-state index is 0.146. The molecule has 0 saturated carbocycles. The van der Waals surface area contributed by atoms with E-state index < -0.39 is 5.60 Å². The van der Waals surface area contributed by atoms with Crippen LogP contribution in [0.4, 0.5) is 0 Å². The standard InChI is InChI=1S/C28H21NO2/c30-27-17-24-20(16-26-28(24,31-27)25-11-5-6-14-29(25)26)13-12-19-15-18-7-1-2-8-21(18)23-10-4-3-9-22(19)23/h1-4,7-10,15-17,25-26H,5-6,11,14H2/t25-,26-,28?/m1/s1. The zero-order valence-electron chi connectivity index (χ0n) is 17.1. The van der Waals surface area contributed by atoms with E-state index in [4.69, 9.17) is 4.74 Å². The molecular weight excluding hydrogens is 382 g/mol. The van der Waals surface area contributed by atoms with Crippen LogP contribution in [0.1, 0.15) is 24.8 Å². The highest BCUT2D eigenvalue weighted by atomic mass is 16.6. The van der Waals surface area contributed by atoms with E-state index in [9.17, 15) is 4.79 Å². The molecule has 3 nitrogen and oxygen atoms in total. The van der Waals surface area contributed by atoms with E-state index in [1.165, 1.54) is 29.0 Å². The molecule has 3 aromatic carbocycles. The molecule has 7 rings (SSSR count). The molecular formula is C28H21NO2. The van der Waals surface area contributed by atoms with Crippen LogP contribution in [0.5, 0.6) is 0 Å². The van der Waals surface area contributed by atoms with E-state index >= 15 is 0 Å². The Morgan fingerprint density at radius 3 is 2.68 bits per heavy atom. The summed E-state index contributed by atoms with van der Waals surface area (Å²) >= 11 is 0. The number of esters is 1. The third-order valence-electron chi connectivity index (χ3n) is 7.50. The van der Waals surface area contributed by atoms with Crippen molar-refractivity contribution in [2.75, 3.05) is 6.54 Å². The van der Waals surface area contributed by atoms with E-state index in [2.05, 4.69) is 77.4 Å². The summed E-state index contributed by atoms with van der Waals surface area (Å²) in [6.45, 7) is 1.08. The number of nitrogens with zero attached hydrogens (tertiary/aromatic N) is 1. The molecule has 0 aromatic heterocycles. The summed E-state index contributed by atoms with van der Waals surface area (Å²) in [4.78, 5) is 14.8. The fourth-order valence-corrected chi connectivity index (χ4v) is 6.21. The number of benzene rings is 3. The normalized spacial score (nSPS) is 28.6. The fourth-order valence-electron chi connectivity index (χ4n) is 6.21. The lowest BCUT2D eigenvalue weighted by atomic mass is 9.70. The lowest BCUT2D eigenvalue weighted by Crippen LogP contribution is -2.76. The topological polar surface area (TPSA) is 29.5 Å². The molecule has 2 saturated heterocycles. The Bertz CT molecular complexity index is 1420. The second-order valence-electron chi connectivity index (χ2n) is 8.99. The van der Waals surface area contributed by atoms with Crippen molar-refractivity contribution in [3.8, 4) is 11.8 Å². The number of carbonyl (C=O) groups excluding carboxylic acids is 1. The zero-order chi connectivity index (χ0) is 20.6. The Balaban J connectivity index is 1.36. The summed E-state index contributed by atoms with van der Waals surface area (Å²) in [5.41, 5.74) is 2.50. The van der Waals surface area contributed by atoms with Crippen molar-refractivity contribution >= 4 is 27.5 Å². The van der Waals surface area contributed by atoms with Crippen LogP contribution in [0.3, 0.4) is 0 Å². The minimum Gasteiger partial charge on any atom is -0.447 e. The molecule has 0 N–H and O–H groups in total. The van der Waals surface area contributed by atoms with Crippen molar-refractivity contribution in [3.63, 3.8) is 0 Å². The van der Waals surface area contributed by atoms with Gasteiger partial charge in [-0.15, -0.1) is 0 Å². The molecule has 0 bridgehead atoms. The van der Waals surface area contributed by atoms with Gasteiger partial charge in [0, 0.05) is 22.8 Å². The maximum atomic E-state index is 12.3. The van der Waals surface area contributed by atoms with Gasteiger partial charge >= 0.3 is 5.97 Å². The van der Waals surface area contributed by atoms with Crippen LogP contribution in [0.15, 0.2) is 77.9 Å². The van der Waals surface area contributed by atoms with Crippen LogP contribution in [0, 0.1) is 11.8 Å². The third kappa shape index (κ3) is 2.21. The predicted octanol–water partition coefficient (Wildman–Crippen LogP) is 4.74. The lowest BCUT2D eigenvalue weighted by Gasteiger charge is -2.60. The number of rotatable bonds is 0. The Morgan fingerprint density at radius 1 is 0.968 bits per heavy atom. The Morgan fingerprint density at radius 2 is 1.77 bits per heavy atom. The van der Waals surface area contributed by atoms with E-state index in [0.717, 1.165) is 35.1 Å². The average Bonchev–Trinajstić information content (AvgIpc) is 3.29. The molecule has 0 amide bonds. The summed E-state index contributed by atoms with van der Waals surface area (Å²) in [5.74, 6) is 6.67. The molecule has 3 aromatic rings. The lowest BCUT2D eigenvalue weighted by molar-refractivity contribution is -0.194. The SMILES string of the molecule is O=C1C=C2C(C#Cc3cc4ccccc4c4ccccc34)=C[C@H]3N4CCCC[C@@H]4C23O1. The van der Waals surface area contributed by atoms with Crippen LogP contribution in [0.2, 0.25) is 0 Å². The molecule has 1 spiro atoms. The van der Waals surface area contributed by atoms with Gasteiger partial charge in [-0.3, -0.25) is 4.90 Å². The predicted molar refractivity (Wildman–Crippen MR) is 121 cm³/mol. The first-order valence-electron chi connectivity index (χ1n) is 11.1. The first-order valence-corrected chi connectivity index (χ1v) is 11.1. The summed E-state index contributed by atoms with van der Waals surface area (Å²) in [5, 5.41) is 4.82. The van der Waals surface area contributed by atoms with E-state index in [-0.39, 0.29) is 12.0 Å². The molecule has 31 heavy (non-hydrogen) atoms. The van der Waals surface area contributed by atoms with Gasteiger partial charge in [0.1, 0.15) is 0 Å². The number of carbonyl (C=O) groups is 1. The number of hydrogen-bond acceptors (Lipinski definition) is 3. The second kappa shape index (κ2) is 6.09. The van der Waals surface area contributed by atoms with Gasteiger partial charge in [-0.25, -0.2) is 4.79 Å². The average molecular weight is 403 g/mol. The molecule has 3 heterocycles. The quantitative estimate of drug-likeness (QED) is 0.308. The van der Waals surface area contributed by atoms with Gasteiger partial charge in [-0.05, 0) is 53.1 Å². The van der Waals surface area contributed by atoms with Crippen molar-refractivity contribution in [2.45, 2.75) is 36.9 Å². The van der Waals surface area contributed by atoms with Crippen LogP contribution < -0.4 is 0 Å². The molecule has 2 fully saturated rings. The number of ether oxygens (including phenoxy) is 1. The van der Waals surface area contributed by atoms with Crippen molar-refractivity contribution in [1.29, 1.82) is 0 Å². The van der Waals surface area contributed by atoms with Gasteiger partial charge in [0.25, 0.3) is 0 Å². The Hall–Kier alpha value is -3.35. The van der Waals surface area contributed by atoms with Gasteiger partial charge in [0.2, 0.25) is 0 Å². The van der Waals surface area contributed by atoms with Crippen molar-refractivity contribution in [3.05, 3.63) is 83.5 Å². The first kappa shape index (κ1) is 17.3. The molecule has 1 aliphatic carbocycles. The smallest absolute Gasteiger partial charge is 0.332 e. The number of fused-ring (bicyclic) bond motifs is 5. The van der Waals surface area contributed by atoms with Gasteiger partial charge in [-0.2, -0.15) is 0 Å². The van der Waals surface area contributed by atoms with Crippen molar-refractivity contribution in [1.82, 2.24) is 4.90 Å². The van der Waals surface area contributed by atoms with E-state index in [0.29, 0.717) is 6.04 Å². The third-order valence-corrected chi connectivity index (χ3v) is 7.50. The molecule has 1 unspecified atom stereocenters. The fraction of sp³-hybridized carbons (Fsp3) is 0.250. The molecule has 0 radical (unpaired) electrons. The molecule has 3 atom stereocenters. The van der Waals surface area contributed by atoms with Crippen molar-refractivity contribution < 1.29 is 9.53 Å². The summed E-state index contributed by atoms with van der Waals surface area (Å²) in [6.07, 6.45) is 7.42. The van der Waals surface area contributed by atoms with Crippen LogP contribution in [0.25, 0.3) is 21.5 Å². The summed E-state index contributed by atoms with van der Waals surface area (Å²) < 4.78 is 5.96. The van der Waals surface area contributed by atoms with Gasteiger partial charge < -0.3 is 4.74 Å². The van der Waals surface area contributed by atoms with Crippen LogP contribution in [-0.2, 0) is 9.53 Å².